The fourth-order valence-corrected chi connectivity index (χ4v) is 3.03. The SMILES string of the molecule is CCNc1ncnc2c1c(C(N)=S)cn2[C@@H]1O[C@H](CO)[C@@H](O)[C@H]1O. The monoisotopic (exact) mass is 353 g/mol. The first-order valence-electron chi connectivity index (χ1n) is 7.51. The van der Waals surface area contributed by atoms with Gasteiger partial charge < -0.3 is 35.7 Å². The maximum Gasteiger partial charge on any atom is 0.164 e. The number of hydrogen-bond acceptors (Lipinski definition) is 8. The number of nitrogens with one attached hydrogen (secondary N) is 1. The first-order chi connectivity index (χ1) is 11.5. The molecule has 1 fully saturated rings. The molecule has 130 valence electrons. The Bertz CT molecular complexity index is 767. The third-order valence-electron chi connectivity index (χ3n) is 4.01. The van der Waals surface area contributed by atoms with E-state index in [1.165, 1.54) is 6.33 Å². The summed E-state index contributed by atoms with van der Waals surface area (Å²) in [5, 5.41) is 33.2. The molecule has 0 aromatic carbocycles. The maximum atomic E-state index is 10.3. The normalized spacial score (nSPS) is 26.8. The highest BCUT2D eigenvalue weighted by Crippen LogP contribution is 2.35. The van der Waals surface area contributed by atoms with Crippen molar-refractivity contribution in [1.29, 1.82) is 0 Å². The molecule has 2 aromatic heterocycles. The van der Waals surface area contributed by atoms with E-state index in [4.69, 9.17) is 22.7 Å². The fourth-order valence-electron chi connectivity index (χ4n) is 2.88. The summed E-state index contributed by atoms with van der Waals surface area (Å²) in [4.78, 5) is 8.60. The molecule has 0 spiro atoms. The van der Waals surface area contributed by atoms with Gasteiger partial charge in [-0.2, -0.15) is 0 Å². The Morgan fingerprint density at radius 2 is 2.17 bits per heavy atom. The van der Waals surface area contributed by atoms with E-state index in [0.29, 0.717) is 29.0 Å². The van der Waals surface area contributed by atoms with Gasteiger partial charge in [-0.15, -0.1) is 0 Å². The molecule has 9 nitrogen and oxygen atoms in total. The molecule has 1 aliphatic rings. The first-order valence-corrected chi connectivity index (χ1v) is 7.92. The number of rotatable bonds is 5. The summed E-state index contributed by atoms with van der Waals surface area (Å²) < 4.78 is 7.12. The van der Waals surface area contributed by atoms with Crippen LogP contribution < -0.4 is 11.1 Å². The van der Waals surface area contributed by atoms with Crippen LogP contribution in [0.4, 0.5) is 5.82 Å². The van der Waals surface area contributed by atoms with Crippen LogP contribution in [0.2, 0.25) is 0 Å². The molecule has 0 amide bonds. The molecule has 2 aromatic rings. The van der Waals surface area contributed by atoms with Gasteiger partial charge in [0.15, 0.2) is 6.23 Å². The van der Waals surface area contributed by atoms with Crippen LogP contribution in [-0.4, -0.2) is 66.3 Å². The number of fused-ring (bicyclic) bond motifs is 1. The highest BCUT2D eigenvalue weighted by Gasteiger charge is 2.44. The quantitative estimate of drug-likeness (QED) is 0.433. The largest absolute Gasteiger partial charge is 0.394 e. The van der Waals surface area contributed by atoms with Crippen LogP contribution in [0.3, 0.4) is 0 Å². The summed E-state index contributed by atoms with van der Waals surface area (Å²) in [6.07, 6.45) is -1.25. The number of thiocarbonyl (C=S) groups is 1. The number of ether oxygens (including phenoxy) is 1. The van der Waals surface area contributed by atoms with Crippen LogP contribution in [0.5, 0.6) is 0 Å². The average Bonchev–Trinajstić information content (AvgIpc) is 3.08. The molecule has 0 bridgehead atoms. The standard InChI is InChI=1S/C14H19N5O4S/c1-2-16-12-8-6(11(15)24)3-19(13(8)18-5-17-12)14-10(22)9(21)7(4-20)23-14/h3,5,7,9-10,14,20-22H,2,4H2,1H3,(H2,15,24)(H,16,17,18)/t7-,9-,10-,14-/m1/s1. The van der Waals surface area contributed by atoms with Crippen LogP contribution in [0, 0.1) is 0 Å². The summed E-state index contributed by atoms with van der Waals surface area (Å²) in [6, 6.07) is 0. The number of nitrogens with zero attached hydrogens (tertiary/aromatic N) is 3. The van der Waals surface area contributed by atoms with Crippen molar-refractivity contribution in [2.75, 3.05) is 18.5 Å². The van der Waals surface area contributed by atoms with Gasteiger partial charge in [0.1, 0.15) is 41.1 Å². The van der Waals surface area contributed by atoms with Gasteiger partial charge in [-0.3, -0.25) is 0 Å². The minimum absolute atomic E-state index is 0.152. The van der Waals surface area contributed by atoms with Gasteiger partial charge in [-0.25, -0.2) is 9.97 Å². The summed E-state index contributed by atoms with van der Waals surface area (Å²) in [7, 11) is 0. The molecule has 6 N–H and O–H groups in total. The van der Waals surface area contributed by atoms with Crippen LogP contribution in [0.15, 0.2) is 12.5 Å². The number of aliphatic hydroxyl groups is 3. The topological polar surface area (TPSA) is 139 Å². The highest BCUT2D eigenvalue weighted by atomic mass is 32.1. The van der Waals surface area contributed by atoms with Gasteiger partial charge in [0.25, 0.3) is 0 Å². The molecule has 1 saturated heterocycles. The van der Waals surface area contributed by atoms with E-state index in [2.05, 4.69) is 15.3 Å². The lowest BCUT2D eigenvalue weighted by atomic mass is 10.1. The zero-order chi connectivity index (χ0) is 17.4. The lowest BCUT2D eigenvalue weighted by Gasteiger charge is -2.17. The molecule has 1 aliphatic heterocycles. The summed E-state index contributed by atoms with van der Waals surface area (Å²) in [5.74, 6) is 0.566. The lowest BCUT2D eigenvalue weighted by Crippen LogP contribution is -2.33. The molecule has 10 heteroatoms. The minimum Gasteiger partial charge on any atom is -0.394 e. The summed E-state index contributed by atoms with van der Waals surface area (Å²) in [6.45, 7) is 2.16. The molecule has 3 rings (SSSR count). The Hall–Kier alpha value is -1.85. The minimum atomic E-state index is -1.23. The van der Waals surface area contributed by atoms with Gasteiger partial charge in [0, 0.05) is 18.3 Å². The summed E-state index contributed by atoms with van der Waals surface area (Å²) >= 11 is 5.11. The predicted molar refractivity (Wildman–Crippen MR) is 90.6 cm³/mol. The van der Waals surface area contributed by atoms with E-state index in [1.807, 2.05) is 6.92 Å². The predicted octanol–water partition coefficient (Wildman–Crippen LogP) is -0.891. The average molecular weight is 353 g/mol. The molecule has 0 radical (unpaired) electrons. The van der Waals surface area contributed by atoms with E-state index in [-0.39, 0.29) is 4.99 Å². The zero-order valence-corrected chi connectivity index (χ0v) is 13.8. The first kappa shape index (κ1) is 17.0. The van der Waals surface area contributed by atoms with Crippen molar-refractivity contribution in [3.05, 3.63) is 18.1 Å². The molecule has 4 atom stereocenters. The van der Waals surface area contributed by atoms with E-state index >= 15 is 0 Å². The van der Waals surface area contributed by atoms with Crippen LogP contribution in [0.25, 0.3) is 11.0 Å². The molecule has 3 heterocycles. The Balaban J connectivity index is 2.16. The van der Waals surface area contributed by atoms with Crippen molar-refractivity contribution in [3.8, 4) is 0 Å². The lowest BCUT2D eigenvalue weighted by molar-refractivity contribution is -0.0508. The second kappa shape index (κ2) is 6.57. The Labute approximate surface area is 143 Å². The molecule has 0 saturated carbocycles. The van der Waals surface area contributed by atoms with Gasteiger partial charge in [0.05, 0.1) is 12.0 Å². The second-order valence-corrected chi connectivity index (χ2v) is 5.93. The Morgan fingerprint density at radius 3 is 2.75 bits per heavy atom. The number of aliphatic hydroxyl groups excluding tert-OH is 3. The Morgan fingerprint density at radius 1 is 1.42 bits per heavy atom. The molecule has 24 heavy (non-hydrogen) atoms. The van der Waals surface area contributed by atoms with Crippen LogP contribution in [-0.2, 0) is 4.74 Å². The van der Waals surface area contributed by atoms with Crippen molar-refractivity contribution in [3.63, 3.8) is 0 Å². The number of aromatic nitrogens is 3. The van der Waals surface area contributed by atoms with E-state index in [1.54, 1.807) is 10.8 Å². The van der Waals surface area contributed by atoms with Crippen molar-refractivity contribution in [2.24, 2.45) is 5.73 Å². The van der Waals surface area contributed by atoms with Crippen molar-refractivity contribution < 1.29 is 20.1 Å². The van der Waals surface area contributed by atoms with Crippen LogP contribution in [0.1, 0.15) is 18.7 Å². The molecule has 0 unspecified atom stereocenters. The van der Waals surface area contributed by atoms with Gasteiger partial charge >= 0.3 is 0 Å². The van der Waals surface area contributed by atoms with E-state index < -0.39 is 31.1 Å². The van der Waals surface area contributed by atoms with Crippen molar-refractivity contribution in [2.45, 2.75) is 31.5 Å². The number of nitrogens with two attached hydrogens (primary N) is 1. The van der Waals surface area contributed by atoms with E-state index in [9.17, 15) is 15.3 Å². The molecular weight excluding hydrogens is 334 g/mol. The van der Waals surface area contributed by atoms with Gasteiger partial charge in [0.2, 0.25) is 0 Å². The van der Waals surface area contributed by atoms with Crippen molar-refractivity contribution in [1.82, 2.24) is 14.5 Å². The van der Waals surface area contributed by atoms with E-state index in [0.717, 1.165) is 0 Å². The molecule has 0 aliphatic carbocycles. The number of anilines is 1. The van der Waals surface area contributed by atoms with Gasteiger partial charge in [-0.1, -0.05) is 12.2 Å². The van der Waals surface area contributed by atoms with Crippen molar-refractivity contribution >= 4 is 34.1 Å². The third kappa shape index (κ3) is 2.62. The highest BCUT2D eigenvalue weighted by molar-refractivity contribution is 7.80. The van der Waals surface area contributed by atoms with Gasteiger partial charge in [-0.05, 0) is 6.92 Å². The smallest absolute Gasteiger partial charge is 0.164 e. The Kier molecular flexibility index (Phi) is 4.65. The zero-order valence-electron chi connectivity index (χ0n) is 13.0. The fraction of sp³-hybridized carbons (Fsp3) is 0.500. The second-order valence-electron chi connectivity index (χ2n) is 5.49. The molecular formula is C14H19N5O4S. The maximum absolute atomic E-state index is 10.3. The van der Waals surface area contributed by atoms with Crippen LogP contribution >= 0.6 is 12.2 Å². The summed E-state index contributed by atoms with van der Waals surface area (Å²) in [5.41, 5.74) is 6.81. The number of hydrogen-bond donors (Lipinski definition) is 5. The third-order valence-corrected chi connectivity index (χ3v) is 4.23.